The second kappa shape index (κ2) is 8.98. The molecule has 1 aliphatic rings. The van der Waals surface area contributed by atoms with E-state index < -0.39 is 0 Å². The number of nitrogens with zero attached hydrogens (tertiary/aromatic N) is 1. The summed E-state index contributed by atoms with van der Waals surface area (Å²) in [4.78, 5) is 2.37. The predicted octanol–water partition coefficient (Wildman–Crippen LogP) is 2.21. The third kappa shape index (κ3) is 4.12. The van der Waals surface area contributed by atoms with Crippen molar-refractivity contribution in [1.29, 1.82) is 0 Å². The van der Waals surface area contributed by atoms with E-state index in [4.69, 9.17) is 19.9 Å². The number of para-hydroxylation sites is 1. The summed E-state index contributed by atoms with van der Waals surface area (Å²) in [5.74, 6) is 1.61. The highest BCUT2D eigenvalue weighted by atomic mass is 16.5. The summed E-state index contributed by atoms with van der Waals surface area (Å²) < 4.78 is 17.0. The highest BCUT2D eigenvalue weighted by Gasteiger charge is 2.25. The van der Waals surface area contributed by atoms with Gasteiger partial charge in [0.25, 0.3) is 0 Å². The third-order valence-corrected chi connectivity index (χ3v) is 4.04. The van der Waals surface area contributed by atoms with Crippen molar-refractivity contribution in [2.75, 3.05) is 46.6 Å². The lowest BCUT2D eigenvalue weighted by atomic mass is 10.0. The van der Waals surface area contributed by atoms with Crippen LogP contribution in [-0.4, -0.2) is 51.5 Å². The molecule has 124 valence electrons. The van der Waals surface area contributed by atoms with E-state index in [0.717, 1.165) is 56.2 Å². The first kappa shape index (κ1) is 17.1. The molecule has 0 radical (unpaired) electrons. The van der Waals surface area contributed by atoms with Gasteiger partial charge >= 0.3 is 0 Å². The minimum atomic E-state index is 0.135. The summed E-state index contributed by atoms with van der Waals surface area (Å²) >= 11 is 0. The molecule has 1 saturated heterocycles. The minimum Gasteiger partial charge on any atom is -0.493 e. The molecule has 2 N–H and O–H groups in total. The van der Waals surface area contributed by atoms with Crippen LogP contribution in [0.1, 0.15) is 31.4 Å². The number of unbranched alkanes of at least 4 members (excludes halogenated alkanes) is 1. The third-order valence-electron chi connectivity index (χ3n) is 4.04. The number of rotatable bonds is 8. The molecule has 5 nitrogen and oxygen atoms in total. The topological polar surface area (TPSA) is 57.0 Å². The first-order valence-electron chi connectivity index (χ1n) is 8.13. The smallest absolute Gasteiger partial charge is 0.165 e. The molecular weight excluding hydrogens is 280 g/mol. The standard InChI is InChI=1S/C17H28N2O3/c1-3-4-10-22-17-14(6-5-7-16(17)20-2)15(13-18)19-8-11-21-12-9-19/h5-7,15H,3-4,8-13,18H2,1-2H3. The first-order valence-corrected chi connectivity index (χ1v) is 8.13. The Bertz CT molecular complexity index is 448. The van der Waals surface area contributed by atoms with Crippen LogP contribution in [0.25, 0.3) is 0 Å². The molecule has 1 aromatic carbocycles. The van der Waals surface area contributed by atoms with E-state index >= 15 is 0 Å². The van der Waals surface area contributed by atoms with Gasteiger partial charge in [0, 0.05) is 25.2 Å². The molecule has 22 heavy (non-hydrogen) atoms. The summed E-state index contributed by atoms with van der Waals surface area (Å²) in [6.07, 6.45) is 2.14. The molecule has 5 heteroatoms. The van der Waals surface area contributed by atoms with Crippen LogP contribution in [0, 0.1) is 0 Å². The monoisotopic (exact) mass is 308 g/mol. The van der Waals surface area contributed by atoms with Gasteiger partial charge in [0.15, 0.2) is 11.5 Å². The van der Waals surface area contributed by atoms with Crippen molar-refractivity contribution in [2.45, 2.75) is 25.8 Å². The Morgan fingerprint density at radius 2 is 2.09 bits per heavy atom. The van der Waals surface area contributed by atoms with Crippen LogP contribution in [0.3, 0.4) is 0 Å². The van der Waals surface area contributed by atoms with Gasteiger partial charge in [-0.15, -0.1) is 0 Å². The zero-order valence-electron chi connectivity index (χ0n) is 13.7. The molecule has 0 aliphatic carbocycles. The van der Waals surface area contributed by atoms with Gasteiger partial charge in [-0.05, 0) is 12.5 Å². The minimum absolute atomic E-state index is 0.135. The fraction of sp³-hybridized carbons (Fsp3) is 0.647. The molecule has 2 rings (SSSR count). The number of benzene rings is 1. The fourth-order valence-corrected chi connectivity index (χ4v) is 2.79. The maximum atomic E-state index is 6.07. The second-order valence-electron chi connectivity index (χ2n) is 5.48. The van der Waals surface area contributed by atoms with Crippen molar-refractivity contribution in [3.63, 3.8) is 0 Å². The molecule has 0 spiro atoms. The first-order chi connectivity index (χ1) is 10.8. The molecule has 0 saturated carbocycles. The van der Waals surface area contributed by atoms with Crippen molar-refractivity contribution in [3.05, 3.63) is 23.8 Å². The van der Waals surface area contributed by atoms with Crippen LogP contribution < -0.4 is 15.2 Å². The van der Waals surface area contributed by atoms with Crippen LogP contribution in [-0.2, 0) is 4.74 Å². The Balaban J connectivity index is 2.25. The molecule has 1 aliphatic heterocycles. The van der Waals surface area contributed by atoms with Crippen molar-refractivity contribution >= 4 is 0 Å². The second-order valence-corrected chi connectivity index (χ2v) is 5.48. The van der Waals surface area contributed by atoms with E-state index in [0.29, 0.717) is 13.2 Å². The molecule has 1 aromatic rings. The fourth-order valence-electron chi connectivity index (χ4n) is 2.79. The zero-order valence-corrected chi connectivity index (χ0v) is 13.7. The zero-order chi connectivity index (χ0) is 15.8. The Kier molecular flexibility index (Phi) is 6.96. The van der Waals surface area contributed by atoms with Crippen molar-refractivity contribution in [1.82, 2.24) is 4.90 Å². The van der Waals surface area contributed by atoms with Gasteiger partial charge in [-0.3, -0.25) is 4.90 Å². The highest BCUT2D eigenvalue weighted by Crippen LogP contribution is 2.37. The van der Waals surface area contributed by atoms with Gasteiger partial charge in [-0.2, -0.15) is 0 Å². The van der Waals surface area contributed by atoms with Gasteiger partial charge in [0.05, 0.1) is 33.0 Å². The molecule has 0 aromatic heterocycles. The molecular formula is C17H28N2O3. The van der Waals surface area contributed by atoms with Gasteiger partial charge in [-0.25, -0.2) is 0 Å². The van der Waals surface area contributed by atoms with Gasteiger partial charge in [0.2, 0.25) is 0 Å². The Morgan fingerprint density at radius 3 is 2.73 bits per heavy atom. The van der Waals surface area contributed by atoms with Crippen LogP contribution in [0.4, 0.5) is 0 Å². The molecule has 0 amide bonds. The maximum absolute atomic E-state index is 6.07. The van der Waals surface area contributed by atoms with Crippen LogP contribution in [0.15, 0.2) is 18.2 Å². The molecule has 1 heterocycles. The number of ether oxygens (including phenoxy) is 3. The van der Waals surface area contributed by atoms with Crippen LogP contribution in [0.2, 0.25) is 0 Å². The number of methoxy groups -OCH3 is 1. The normalized spacial score (nSPS) is 17.2. The average molecular weight is 308 g/mol. The van der Waals surface area contributed by atoms with Crippen LogP contribution in [0.5, 0.6) is 11.5 Å². The van der Waals surface area contributed by atoms with E-state index in [9.17, 15) is 0 Å². The number of hydrogen-bond acceptors (Lipinski definition) is 5. The van der Waals surface area contributed by atoms with Crippen molar-refractivity contribution in [2.24, 2.45) is 5.73 Å². The predicted molar refractivity (Wildman–Crippen MR) is 87.6 cm³/mol. The number of morpholine rings is 1. The average Bonchev–Trinajstić information content (AvgIpc) is 2.57. The van der Waals surface area contributed by atoms with E-state index in [1.54, 1.807) is 7.11 Å². The molecule has 1 fully saturated rings. The maximum Gasteiger partial charge on any atom is 0.165 e. The van der Waals surface area contributed by atoms with Gasteiger partial charge in [-0.1, -0.05) is 25.5 Å². The summed E-state index contributed by atoms with van der Waals surface area (Å²) in [5.41, 5.74) is 7.18. The van der Waals surface area contributed by atoms with Gasteiger partial charge in [0.1, 0.15) is 0 Å². The molecule has 0 bridgehead atoms. The Morgan fingerprint density at radius 1 is 1.32 bits per heavy atom. The van der Waals surface area contributed by atoms with E-state index in [1.807, 2.05) is 12.1 Å². The quantitative estimate of drug-likeness (QED) is 0.746. The lowest BCUT2D eigenvalue weighted by molar-refractivity contribution is 0.0172. The highest BCUT2D eigenvalue weighted by molar-refractivity contribution is 5.48. The largest absolute Gasteiger partial charge is 0.493 e. The van der Waals surface area contributed by atoms with E-state index in [2.05, 4.69) is 17.9 Å². The van der Waals surface area contributed by atoms with Crippen LogP contribution >= 0.6 is 0 Å². The molecule has 1 unspecified atom stereocenters. The summed E-state index contributed by atoms with van der Waals surface area (Å²) in [7, 11) is 1.68. The van der Waals surface area contributed by atoms with E-state index in [-0.39, 0.29) is 6.04 Å². The SMILES string of the molecule is CCCCOc1c(OC)cccc1C(CN)N1CCOCC1. The number of hydrogen-bond donors (Lipinski definition) is 1. The number of nitrogens with two attached hydrogens (primary N) is 1. The molecule has 1 atom stereocenters. The van der Waals surface area contributed by atoms with Crippen molar-refractivity contribution < 1.29 is 14.2 Å². The van der Waals surface area contributed by atoms with Crippen molar-refractivity contribution in [3.8, 4) is 11.5 Å². The lowest BCUT2D eigenvalue weighted by Gasteiger charge is -2.35. The summed E-state index contributed by atoms with van der Waals surface area (Å²) in [6, 6.07) is 6.17. The lowest BCUT2D eigenvalue weighted by Crippen LogP contribution is -2.42. The van der Waals surface area contributed by atoms with Gasteiger partial charge < -0.3 is 19.9 Å². The van der Waals surface area contributed by atoms with E-state index in [1.165, 1.54) is 0 Å². The summed E-state index contributed by atoms with van der Waals surface area (Å²) in [6.45, 7) is 6.71. The Hall–Kier alpha value is -1.30. The Labute approximate surface area is 133 Å². The summed E-state index contributed by atoms with van der Waals surface area (Å²) in [5, 5.41) is 0.